The van der Waals surface area contributed by atoms with E-state index < -0.39 is 0 Å². The Bertz CT molecular complexity index is 396. The van der Waals surface area contributed by atoms with Crippen LogP contribution in [0.2, 0.25) is 0 Å². The van der Waals surface area contributed by atoms with Crippen LogP contribution in [0.25, 0.3) is 0 Å². The van der Waals surface area contributed by atoms with E-state index in [1.807, 2.05) is 13.0 Å². The average Bonchev–Trinajstić information content (AvgIpc) is 2.47. The summed E-state index contributed by atoms with van der Waals surface area (Å²) >= 11 is 0. The molecule has 2 aromatic rings. The SMILES string of the molecule is Cc1nc(Cc2ccccc2)[nH]c1C. The Labute approximate surface area is 84.0 Å². The smallest absolute Gasteiger partial charge is 0.110 e. The summed E-state index contributed by atoms with van der Waals surface area (Å²) in [5.74, 6) is 1.05. The lowest BCUT2D eigenvalue weighted by atomic mass is 10.1. The number of nitrogens with zero attached hydrogens (tertiary/aromatic N) is 1. The van der Waals surface area contributed by atoms with Gasteiger partial charge in [-0.05, 0) is 19.4 Å². The maximum Gasteiger partial charge on any atom is 0.110 e. The van der Waals surface area contributed by atoms with E-state index in [0.717, 1.165) is 23.6 Å². The highest BCUT2D eigenvalue weighted by molar-refractivity contribution is 5.21. The lowest BCUT2D eigenvalue weighted by Gasteiger charge is -1.96. The van der Waals surface area contributed by atoms with Gasteiger partial charge in [-0.1, -0.05) is 30.3 Å². The van der Waals surface area contributed by atoms with Gasteiger partial charge in [0, 0.05) is 12.1 Å². The summed E-state index contributed by atoms with van der Waals surface area (Å²) in [4.78, 5) is 7.73. The number of H-pyrrole nitrogens is 1. The van der Waals surface area contributed by atoms with Crippen molar-refractivity contribution in [3.63, 3.8) is 0 Å². The van der Waals surface area contributed by atoms with E-state index in [1.165, 1.54) is 5.56 Å². The van der Waals surface area contributed by atoms with Crippen LogP contribution in [0.3, 0.4) is 0 Å². The molecule has 0 saturated carbocycles. The van der Waals surface area contributed by atoms with Crippen molar-refractivity contribution in [2.45, 2.75) is 20.3 Å². The third-order valence-electron chi connectivity index (χ3n) is 2.39. The molecule has 1 aromatic carbocycles. The fourth-order valence-corrected chi connectivity index (χ4v) is 1.49. The number of imidazole rings is 1. The molecule has 0 atom stereocenters. The van der Waals surface area contributed by atoms with Crippen LogP contribution < -0.4 is 0 Å². The monoisotopic (exact) mass is 186 g/mol. The minimum absolute atomic E-state index is 0.884. The van der Waals surface area contributed by atoms with Crippen LogP contribution in [0.15, 0.2) is 30.3 Å². The van der Waals surface area contributed by atoms with Crippen molar-refractivity contribution in [2.24, 2.45) is 0 Å². The van der Waals surface area contributed by atoms with Crippen molar-refractivity contribution < 1.29 is 0 Å². The third kappa shape index (κ3) is 1.84. The van der Waals surface area contributed by atoms with Crippen LogP contribution in [-0.2, 0) is 6.42 Å². The zero-order valence-corrected chi connectivity index (χ0v) is 8.54. The van der Waals surface area contributed by atoms with Gasteiger partial charge in [0.2, 0.25) is 0 Å². The molecule has 0 unspecified atom stereocenters. The second-order valence-corrected chi connectivity index (χ2v) is 3.56. The molecule has 1 N–H and O–H groups in total. The molecule has 0 aliphatic heterocycles. The largest absolute Gasteiger partial charge is 0.346 e. The molecule has 0 radical (unpaired) electrons. The Morgan fingerprint density at radius 3 is 2.43 bits per heavy atom. The van der Waals surface area contributed by atoms with Crippen LogP contribution in [0.5, 0.6) is 0 Å². The summed E-state index contributed by atoms with van der Waals surface area (Å²) in [6.07, 6.45) is 0.884. The zero-order valence-electron chi connectivity index (χ0n) is 8.54. The highest BCUT2D eigenvalue weighted by Crippen LogP contribution is 2.08. The number of nitrogens with one attached hydrogen (secondary N) is 1. The van der Waals surface area contributed by atoms with Gasteiger partial charge in [-0.15, -0.1) is 0 Å². The third-order valence-corrected chi connectivity index (χ3v) is 2.39. The molecule has 0 aliphatic carbocycles. The number of aromatic nitrogens is 2. The van der Waals surface area contributed by atoms with Crippen LogP contribution in [0, 0.1) is 13.8 Å². The van der Waals surface area contributed by atoms with E-state index in [4.69, 9.17) is 0 Å². The number of aryl methyl sites for hydroxylation is 2. The summed E-state index contributed by atoms with van der Waals surface area (Å²) < 4.78 is 0. The van der Waals surface area contributed by atoms with E-state index in [1.54, 1.807) is 0 Å². The number of rotatable bonds is 2. The molecule has 1 aromatic heterocycles. The maximum absolute atomic E-state index is 4.45. The Balaban J connectivity index is 2.19. The van der Waals surface area contributed by atoms with Gasteiger partial charge >= 0.3 is 0 Å². The minimum atomic E-state index is 0.884. The van der Waals surface area contributed by atoms with E-state index in [9.17, 15) is 0 Å². The Hall–Kier alpha value is -1.57. The zero-order chi connectivity index (χ0) is 9.97. The number of benzene rings is 1. The predicted molar refractivity (Wildman–Crippen MR) is 57.3 cm³/mol. The lowest BCUT2D eigenvalue weighted by Crippen LogP contribution is -1.89. The fraction of sp³-hybridized carbons (Fsp3) is 0.250. The van der Waals surface area contributed by atoms with Crippen LogP contribution in [0.1, 0.15) is 22.8 Å². The van der Waals surface area contributed by atoms with Crippen molar-refractivity contribution in [2.75, 3.05) is 0 Å². The van der Waals surface area contributed by atoms with E-state index in [-0.39, 0.29) is 0 Å². The number of hydrogen-bond donors (Lipinski definition) is 1. The molecule has 0 bridgehead atoms. The quantitative estimate of drug-likeness (QED) is 0.767. The second kappa shape index (κ2) is 3.66. The first-order valence-corrected chi connectivity index (χ1v) is 4.82. The molecule has 2 rings (SSSR count). The molecule has 1 heterocycles. The lowest BCUT2D eigenvalue weighted by molar-refractivity contribution is 1.01. The highest BCUT2D eigenvalue weighted by atomic mass is 14.9. The van der Waals surface area contributed by atoms with Crippen molar-refractivity contribution in [3.8, 4) is 0 Å². The van der Waals surface area contributed by atoms with Crippen LogP contribution >= 0.6 is 0 Å². The van der Waals surface area contributed by atoms with E-state index in [2.05, 4.69) is 41.2 Å². The summed E-state index contributed by atoms with van der Waals surface area (Å²) in [5, 5.41) is 0. The molecule has 0 aliphatic rings. The van der Waals surface area contributed by atoms with Gasteiger partial charge in [-0.2, -0.15) is 0 Å². The van der Waals surface area contributed by atoms with Crippen LogP contribution in [-0.4, -0.2) is 9.97 Å². The summed E-state index contributed by atoms with van der Waals surface area (Å²) in [6, 6.07) is 10.4. The molecule has 0 amide bonds. The first-order chi connectivity index (χ1) is 6.75. The Morgan fingerprint density at radius 1 is 1.14 bits per heavy atom. The van der Waals surface area contributed by atoms with Gasteiger partial charge < -0.3 is 4.98 Å². The first kappa shape index (κ1) is 9.00. The molecule has 0 fully saturated rings. The van der Waals surface area contributed by atoms with Gasteiger partial charge in [0.15, 0.2) is 0 Å². The molecule has 14 heavy (non-hydrogen) atoms. The van der Waals surface area contributed by atoms with Gasteiger partial charge in [0.25, 0.3) is 0 Å². The molecular formula is C12H14N2. The van der Waals surface area contributed by atoms with Gasteiger partial charge in [0.05, 0.1) is 5.69 Å². The first-order valence-electron chi connectivity index (χ1n) is 4.82. The van der Waals surface area contributed by atoms with Crippen LogP contribution in [0.4, 0.5) is 0 Å². The normalized spacial score (nSPS) is 10.4. The molecule has 72 valence electrons. The molecule has 2 nitrogen and oxygen atoms in total. The van der Waals surface area contributed by atoms with Crippen molar-refractivity contribution in [1.82, 2.24) is 9.97 Å². The average molecular weight is 186 g/mol. The molecule has 0 saturated heterocycles. The summed E-state index contributed by atoms with van der Waals surface area (Å²) in [6.45, 7) is 4.08. The molecule has 2 heteroatoms. The number of hydrogen-bond acceptors (Lipinski definition) is 1. The second-order valence-electron chi connectivity index (χ2n) is 3.56. The van der Waals surface area contributed by atoms with Gasteiger partial charge in [0.1, 0.15) is 5.82 Å². The van der Waals surface area contributed by atoms with E-state index in [0.29, 0.717) is 0 Å². The fourth-order valence-electron chi connectivity index (χ4n) is 1.49. The Morgan fingerprint density at radius 2 is 1.86 bits per heavy atom. The minimum Gasteiger partial charge on any atom is -0.346 e. The summed E-state index contributed by atoms with van der Waals surface area (Å²) in [7, 11) is 0. The maximum atomic E-state index is 4.45. The van der Waals surface area contributed by atoms with E-state index >= 15 is 0 Å². The molecule has 0 spiro atoms. The standard InChI is InChI=1S/C12H14N2/c1-9-10(2)14-12(13-9)8-11-6-4-3-5-7-11/h3-7H,8H2,1-2H3,(H,13,14). The molecular weight excluding hydrogens is 172 g/mol. The highest BCUT2D eigenvalue weighted by Gasteiger charge is 2.02. The summed E-state index contributed by atoms with van der Waals surface area (Å²) in [5.41, 5.74) is 3.55. The van der Waals surface area contributed by atoms with Gasteiger partial charge in [-0.3, -0.25) is 0 Å². The predicted octanol–water partition coefficient (Wildman–Crippen LogP) is 2.62. The topological polar surface area (TPSA) is 28.7 Å². The number of aromatic amines is 1. The van der Waals surface area contributed by atoms with Crippen molar-refractivity contribution in [3.05, 3.63) is 53.1 Å². The van der Waals surface area contributed by atoms with Crippen molar-refractivity contribution >= 4 is 0 Å². The van der Waals surface area contributed by atoms with Crippen molar-refractivity contribution in [1.29, 1.82) is 0 Å². The Kier molecular flexibility index (Phi) is 2.35. The van der Waals surface area contributed by atoms with Gasteiger partial charge in [-0.25, -0.2) is 4.98 Å².